The third kappa shape index (κ3) is 6.30. The molecule has 1 amide bonds. The normalized spacial score (nSPS) is 16.5. The van der Waals surface area contributed by atoms with E-state index in [-0.39, 0.29) is 12.5 Å². The molecule has 0 spiro atoms. The van der Waals surface area contributed by atoms with Gasteiger partial charge in [0.05, 0.1) is 5.69 Å². The van der Waals surface area contributed by atoms with Crippen molar-refractivity contribution in [3.63, 3.8) is 0 Å². The molecule has 3 rings (SSSR count). The molecule has 150 valence electrons. The lowest BCUT2D eigenvalue weighted by atomic mass is 10.2. The third-order valence-corrected chi connectivity index (χ3v) is 4.72. The Hall–Kier alpha value is -2.48. The number of rotatable bonds is 8. The van der Waals surface area contributed by atoms with Crippen LogP contribution in [0.3, 0.4) is 0 Å². The summed E-state index contributed by atoms with van der Waals surface area (Å²) in [5.74, 6) is 0.417. The topological polar surface area (TPSA) is 77.9 Å². The van der Waals surface area contributed by atoms with E-state index in [9.17, 15) is 9.90 Å². The first-order valence-electron chi connectivity index (χ1n) is 9.61. The van der Waals surface area contributed by atoms with Gasteiger partial charge in [0, 0.05) is 58.6 Å². The van der Waals surface area contributed by atoms with E-state index in [0.29, 0.717) is 18.0 Å². The summed E-state index contributed by atoms with van der Waals surface area (Å²) in [6.45, 7) is 6.94. The number of para-hydroxylation sites is 2. The highest BCUT2D eigenvalue weighted by atomic mass is 16.5. The molecule has 7 nitrogen and oxygen atoms in total. The molecule has 0 radical (unpaired) electrons. The summed E-state index contributed by atoms with van der Waals surface area (Å²) in [6.07, 6.45) is 3.06. The average Bonchev–Trinajstić information content (AvgIpc) is 2.69. The predicted molar refractivity (Wildman–Crippen MR) is 108 cm³/mol. The second-order valence-corrected chi connectivity index (χ2v) is 7.07. The van der Waals surface area contributed by atoms with E-state index in [0.717, 1.165) is 32.7 Å². The van der Waals surface area contributed by atoms with Gasteiger partial charge in [0.2, 0.25) is 5.91 Å². The highest BCUT2D eigenvalue weighted by Gasteiger charge is 2.20. The fourth-order valence-electron chi connectivity index (χ4n) is 3.30. The summed E-state index contributed by atoms with van der Waals surface area (Å²) in [4.78, 5) is 20.0. The Balaban J connectivity index is 1.40. The van der Waals surface area contributed by atoms with Crippen molar-refractivity contribution in [1.29, 1.82) is 0 Å². The number of nitrogens with zero attached hydrogens (tertiary/aromatic N) is 3. The van der Waals surface area contributed by atoms with Gasteiger partial charge in [-0.05, 0) is 29.8 Å². The molecule has 1 unspecified atom stereocenters. The van der Waals surface area contributed by atoms with Gasteiger partial charge in [-0.2, -0.15) is 0 Å². The Morgan fingerprint density at radius 2 is 1.82 bits per heavy atom. The average molecular weight is 384 g/mol. The molecule has 1 aromatic heterocycles. The van der Waals surface area contributed by atoms with E-state index in [1.807, 2.05) is 36.7 Å². The maximum atomic E-state index is 11.3. The predicted octanol–water partition coefficient (Wildman–Crippen LogP) is 1.60. The first-order valence-corrected chi connectivity index (χ1v) is 9.61. The molecule has 2 aromatic rings. The number of aromatic nitrogens is 1. The number of benzene rings is 1. The standard InChI is InChI=1S/C21H28N4O3/c1-17(26)23-20-4-2-3-5-21(20)28-16-19(27)15-25-12-10-24(11-13-25)14-18-6-8-22-9-7-18/h2-9,19,27H,10-16H2,1H3,(H,23,26). The minimum atomic E-state index is -0.586. The lowest BCUT2D eigenvalue weighted by Crippen LogP contribution is -2.48. The molecule has 2 heterocycles. The molecule has 1 aliphatic rings. The highest BCUT2D eigenvalue weighted by molar-refractivity contribution is 5.90. The summed E-state index contributed by atoms with van der Waals surface area (Å²) in [5, 5.41) is 13.1. The molecule has 0 bridgehead atoms. The molecule has 1 aliphatic heterocycles. The number of anilines is 1. The maximum Gasteiger partial charge on any atom is 0.221 e. The van der Waals surface area contributed by atoms with Crippen LogP contribution in [0.25, 0.3) is 0 Å². The Kier molecular flexibility index (Phi) is 7.36. The number of hydrogen-bond donors (Lipinski definition) is 2. The van der Waals surface area contributed by atoms with E-state index >= 15 is 0 Å². The monoisotopic (exact) mass is 384 g/mol. The van der Waals surface area contributed by atoms with Crippen LogP contribution in [-0.4, -0.2) is 71.2 Å². The van der Waals surface area contributed by atoms with Crippen molar-refractivity contribution >= 4 is 11.6 Å². The molecule has 28 heavy (non-hydrogen) atoms. The number of nitrogens with one attached hydrogen (secondary N) is 1. The molecule has 0 saturated carbocycles. The molecule has 0 aliphatic carbocycles. The Morgan fingerprint density at radius 3 is 2.54 bits per heavy atom. The number of ether oxygens (including phenoxy) is 1. The van der Waals surface area contributed by atoms with Crippen LogP contribution in [0.2, 0.25) is 0 Å². The van der Waals surface area contributed by atoms with Crippen molar-refractivity contribution < 1.29 is 14.6 Å². The smallest absolute Gasteiger partial charge is 0.221 e. The van der Waals surface area contributed by atoms with Crippen molar-refractivity contribution in [1.82, 2.24) is 14.8 Å². The first-order chi connectivity index (χ1) is 13.6. The van der Waals surface area contributed by atoms with Gasteiger partial charge >= 0.3 is 0 Å². The van der Waals surface area contributed by atoms with Gasteiger partial charge in [0.25, 0.3) is 0 Å². The van der Waals surface area contributed by atoms with Crippen molar-refractivity contribution in [3.05, 3.63) is 54.4 Å². The Morgan fingerprint density at radius 1 is 1.14 bits per heavy atom. The second kappa shape index (κ2) is 10.2. The van der Waals surface area contributed by atoms with Crippen LogP contribution in [0.4, 0.5) is 5.69 Å². The van der Waals surface area contributed by atoms with Gasteiger partial charge in [-0.25, -0.2) is 0 Å². The van der Waals surface area contributed by atoms with Gasteiger partial charge in [-0.15, -0.1) is 0 Å². The van der Waals surface area contributed by atoms with E-state index in [2.05, 4.69) is 20.1 Å². The number of pyridine rings is 1. The number of carbonyl (C=O) groups excluding carboxylic acids is 1. The highest BCUT2D eigenvalue weighted by Crippen LogP contribution is 2.23. The lowest BCUT2D eigenvalue weighted by Gasteiger charge is -2.35. The van der Waals surface area contributed by atoms with E-state index < -0.39 is 6.10 Å². The Labute approximate surface area is 165 Å². The summed E-state index contributed by atoms with van der Waals surface area (Å²) < 4.78 is 5.73. The largest absolute Gasteiger partial charge is 0.489 e. The SMILES string of the molecule is CC(=O)Nc1ccccc1OCC(O)CN1CCN(Cc2ccncc2)CC1. The minimum absolute atomic E-state index is 0.152. The fraction of sp³-hybridized carbons (Fsp3) is 0.429. The van der Waals surface area contributed by atoms with E-state index in [1.165, 1.54) is 12.5 Å². The maximum absolute atomic E-state index is 11.3. The number of hydrogen-bond acceptors (Lipinski definition) is 6. The van der Waals surface area contributed by atoms with E-state index in [1.54, 1.807) is 12.1 Å². The number of aliphatic hydroxyl groups excluding tert-OH is 1. The molecule has 7 heteroatoms. The summed E-state index contributed by atoms with van der Waals surface area (Å²) in [6, 6.07) is 11.3. The zero-order valence-electron chi connectivity index (χ0n) is 16.3. The van der Waals surface area contributed by atoms with Crippen LogP contribution in [0.1, 0.15) is 12.5 Å². The first kappa shape index (κ1) is 20.3. The number of piperazine rings is 1. The fourth-order valence-corrected chi connectivity index (χ4v) is 3.30. The second-order valence-electron chi connectivity index (χ2n) is 7.07. The van der Waals surface area contributed by atoms with Crippen molar-refractivity contribution in [2.45, 2.75) is 19.6 Å². The Bertz CT molecular complexity index is 748. The van der Waals surface area contributed by atoms with Gasteiger partial charge in [0.1, 0.15) is 18.5 Å². The summed E-state index contributed by atoms with van der Waals surface area (Å²) in [7, 11) is 0. The van der Waals surface area contributed by atoms with Crippen LogP contribution < -0.4 is 10.1 Å². The van der Waals surface area contributed by atoms with Gasteiger partial charge < -0.3 is 15.2 Å². The molecule has 1 atom stereocenters. The number of β-amino-alcohol motifs (C(OH)–C–C–N with tert-alkyl or cyclic N) is 1. The summed E-state index contributed by atoms with van der Waals surface area (Å²) in [5.41, 5.74) is 1.89. The van der Waals surface area contributed by atoms with Crippen LogP contribution in [0.5, 0.6) is 5.75 Å². The van der Waals surface area contributed by atoms with Crippen molar-refractivity contribution in [3.8, 4) is 5.75 Å². The van der Waals surface area contributed by atoms with Crippen molar-refractivity contribution in [2.75, 3.05) is 44.6 Å². The number of carbonyl (C=O) groups is 1. The zero-order chi connectivity index (χ0) is 19.8. The van der Waals surface area contributed by atoms with Crippen LogP contribution in [0.15, 0.2) is 48.8 Å². The molecular weight excluding hydrogens is 356 g/mol. The van der Waals surface area contributed by atoms with Gasteiger partial charge in [-0.3, -0.25) is 19.6 Å². The third-order valence-electron chi connectivity index (χ3n) is 4.72. The number of amides is 1. The molecule has 1 aromatic carbocycles. The van der Waals surface area contributed by atoms with Crippen LogP contribution in [0, 0.1) is 0 Å². The van der Waals surface area contributed by atoms with Gasteiger partial charge in [-0.1, -0.05) is 12.1 Å². The van der Waals surface area contributed by atoms with Crippen LogP contribution in [-0.2, 0) is 11.3 Å². The van der Waals surface area contributed by atoms with E-state index in [4.69, 9.17) is 4.74 Å². The minimum Gasteiger partial charge on any atom is -0.489 e. The van der Waals surface area contributed by atoms with Crippen LogP contribution >= 0.6 is 0 Å². The molecule has 1 saturated heterocycles. The molecule has 1 fully saturated rings. The molecule has 2 N–H and O–H groups in total. The quantitative estimate of drug-likeness (QED) is 0.720. The van der Waals surface area contributed by atoms with Crippen molar-refractivity contribution in [2.24, 2.45) is 0 Å². The lowest BCUT2D eigenvalue weighted by molar-refractivity contribution is -0.114. The summed E-state index contributed by atoms with van der Waals surface area (Å²) >= 11 is 0. The van der Waals surface area contributed by atoms with Gasteiger partial charge in [0.15, 0.2) is 0 Å². The number of aliphatic hydroxyl groups is 1. The molecular formula is C21H28N4O3. The zero-order valence-corrected chi connectivity index (χ0v) is 16.3.